The van der Waals surface area contributed by atoms with Crippen molar-refractivity contribution in [3.63, 3.8) is 0 Å². The van der Waals surface area contributed by atoms with Gasteiger partial charge in [-0.3, -0.25) is 10.9 Å². The summed E-state index contributed by atoms with van der Waals surface area (Å²) in [5.41, 5.74) is 8.61. The van der Waals surface area contributed by atoms with Crippen LogP contribution in [0.15, 0.2) is 53.4 Å². The molecule has 0 amide bonds. The maximum absolute atomic E-state index is 12.2. The van der Waals surface area contributed by atoms with Crippen molar-refractivity contribution in [2.75, 3.05) is 10.7 Å². The molecule has 0 heterocycles. The standard InChI is InChI=1S/C15H15F2N3S2/c1-10-3-2-4-12(9-10)19-20-15(21)18-11-5-7-13(8-6-11)22-14(16)17/h2-9,14,19H,1H3,(H2,18,20,21). The monoisotopic (exact) mass is 339 g/mol. The lowest BCUT2D eigenvalue weighted by Gasteiger charge is -2.13. The van der Waals surface area contributed by atoms with E-state index in [1.165, 1.54) is 0 Å². The zero-order valence-corrected chi connectivity index (χ0v) is 13.4. The van der Waals surface area contributed by atoms with E-state index in [-0.39, 0.29) is 0 Å². The van der Waals surface area contributed by atoms with Crippen molar-refractivity contribution in [1.82, 2.24) is 5.43 Å². The van der Waals surface area contributed by atoms with Crippen LogP contribution in [-0.2, 0) is 0 Å². The van der Waals surface area contributed by atoms with Gasteiger partial charge in [-0.2, -0.15) is 8.78 Å². The average molecular weight is 339 g/mol. The van der Waals surface area contributed by atoms with E-state index >= 15 is 0 Å². The topological polar surface area (TPSA) is 36.1 Å². The first-order valence-corrected chi connectivity index (χ1v) is 7.76. The summed E-state index contributed by atoms with van der Waals surface area (Å²) < 4.78 is 24.5. The van der Waals surface area contributed by atoms with Crippen LogP contribution in [0.4, 0.5) is 20.2 Å². The number of thioether (sulfide) groups is 1. The van der Waals surface area contributed by atoms with Gasteiger partial charge >= 0.3 is 0 Å². The normalized spacial score (nSPS) is 10.4. The highest BCUT2D eigenvalue weighted by Gasteiger charge is 2.05. The number of benzene rings is 2. The van der Waals surface area contributed by atoms with E-state index in [0.29, 0.717) is 21.8 Å². The molecule has 0 atom stereocenters. The van der Waals surface area contributed by atoms with Crippen molar-refractivity contribution in [1.29, 1.82) is 0 Å². The lowest BCUT2D eigenvalue weighted by atomic mass is 10.2. The molecule has 0 saturated heterocycles. The second kappa shape index (κ2) is 7.95. The number of hydrogen-bond acceptors (Lipinski definition) is 3. The van der Waals surface area contributed by atoms with Crippen molar-refractivity contribution < 1.29 is 8.78 Å². The fourth-order valence-electron chi connectivity index (χ4n) is 1.73. The smallest absolute Gasteiger partial charge is 0.288 e. The predicted octanol–water partition coefficient (Wildman–Crippen LogP) is 4.62. The lowest BCUT2D eigenvalue weighted by Crippen LogP contribution is -2.33. The molecular weight excluding hydrogens is 324 g/mol. The van der Waals surface area contributed by atoms with Crippen LogP contribution < -0.4 is 16.2 Å². The quantitative estimate of drug-likeness (QED) is 0.421. The Labute approximate surface area is 137 Å². The number of hydrazine groups is 1. The van der Waals surface area contributed by atoms with Crippen molar-refractivity contribution in [2.24, 2.45) is 0 Å². The van der Waals surface area contributed by atoms with E-state index in [1.807, 2.05) is 31.2 Å². The third-order valence-electron chi connectivity index (χ3n) is 2.68. The highest BCUT2D eigenvalue weighted by molar-refractivity contribution is 7.99. The molecule has 0 bridgehead atoms. The molecule has 116 valence electrons. The Morgan fingerprint density at radius 1 is 1.09 bits per heavy atom. The highest BCUT2D eigenvalue weighted by Crippen LogP contribution is 2.26. The SMILES string of the molecule is Cc1cccc(NNC(=S)Nc2ccc(SC(F)F)cc2)c1. The molecule has 7 heteroatoms. The van der Waals surface area contributed by atoms with Crippen molar-refractivity contribution >= 4 is 40.5 Å². The van der Waals surface area contributed by atoms with Crippen molar-refractivity contribution in [3.8, 4) is 0 Å². The van der Waals surface area contributed by atoms with E-state index in [2.05, 4.69) is 16.2 Å². The summed E-state index contributed by atoms with van der Waals surface area (Å²) in [5, 5.41) is 3.35. The van der Waals surface area contributed by atoms with Crippen LogP contribution in [0.1, 0.15) is 5.56 Å². The van der Waals surface area contributed by atoms with Gasteiger partial charge in [0.1, 0.15) is 0 Å². The second-order valence-corrected chi connectivity index (χ2v) is 5.95. The van der Waals surface area contributed by atoms with Gasteiger partial charge in [0.25, 0.3) is 5.76 Å². The summed E-state index contributed by atoms with van der Waals surface area (Å²) in [5.74, 6) is -2.42. The van der Waals surface area contributed by atoms with E-state index in [4.69, 9.17) is 12.2 Å². The number of alkyl halides is 2. The van der Waals surface area contributed by atoms with Gasteiger partial charge in [0, 0.05) is 10.6 Å². The Morgan fingerprint density at radius 3 is 2.45 bits per heavy atom. The van der Waals surface area contributed by atoms with E-state index in [0.717, 1.165) is 16.9 Å². The molecule has 22 heavy (non-hydrogen) atoms. The van der Waals surface area contributed by atoms with Crippen LogP contribution in [0.3, 0.4) is 0 Å². The first kappa shape index (κ1) is 16.5. The summed E-state index contributed by atoms with van der Waals surface area (Å²) in [6.07, 6.45) is 0. The first-order chi connectivity index (χ1) is 10.5. The van der Waals surface area contributed by atoms with Crippen LogP contribution >= 0.6 is 24.0 Å². The molecule has 0 saturated carbocycles. The number of rotatable bonds is 5. The minimum absolute atomic E-state index is 0.385. The van der Waals surface area contributed by atoms with Gasteiger partial charge in [0.15, 0.2) is 5.11 Å². The Morgan fingerprint density at radius 2 is 1.82 bits per heavy atom. The van der Waals surface area contributed by atoms with Gasteiger partial charge in [-0.05, 0) is 61.1 Å². The molecule has 0 aliphatic heterocycles. The second-order valence-electron chi connectivity index (χ2n) is 4.48. The van der Waals surface area contributed by atoms with Gasteiger partial charge < -0.3 is 5.32 Å². The molecule has 0 aromatic heterocycles. The Kier molecular flexibility index (Phi) is 5.97. The van der Waals surface area contributed by atoms with Crippen LogP contribution in [-0.4, -0.2) is 10.9 Å². The van der Waals surface area contributed by atoms with Gasteiger partial charge in [-0.1, -0.05) is 23.9 Å². The number of halogens is 2. The third-order valence-corrected chi connectivity index (χ3v) is 3.60. The lowest BCUT2D eigenvalue weighted by molar-refractivity contribution is 0.252. The van der Waals surface area contributed by atoms with Crippen LogP contribution in [0, 0.1) is 6.92 Å². The Balaban J connectivity index is 1.84. The van der Waals surface area contributed by atoms with Crippen molar-refractivity contribution in [3.05, 3.63) is 54.1 Å². The molecular formula is C15H15F2N3S2. The number of anilines is 2. The molecule has 0 aliphatic carbocycles. The van der Waals surface area contributed by atoms with E-state index < -0.39 is 5.76 Å². The molecule has 2 aromatic rings. The largest absolute Gasteiger partial charge is 0.331 e. The minimum atomic E-state index is -2.42. The first-order valence-electron chi connectivity index (χ1n) is 6.47. The molecule has 0 radical (unpaired) electrons. The van der Waals surface area contributed by atoms with Crippen LogP contribution in [0.25, 0.3) is 0 Å². The average Bonchev–Trinajstić information content (AvgIpc) is 2.47. The van der Waals surface area contributed by atoms with Gasteiger partial charge in [-0.25, -0.2) is 0 Å². The summed E-state index contributed by atoms with van der Waals surface area (Å²) in [6.45, 7) is 2.00. The Hall–Kier alpha value is -1.86. The fourth-order valence-corrected chi connectivity index (χ4v) is 2.40. The van der Waals surface area contributed by atoms with Gasteiger partial charge in [-0.15, -0.1) is 0 Å². The van der Waals surface area contributed by atoms with Crippen LogP contribution in [0.2, 0.25) is 0 Å². The number of aryl methyl sites for hydroxylation is 1. The zero-order chi connectivity index (χ0) is 15.9. The van der Waals surface area contributed by atoms with Gasteiger partial charge in [0.05, 0.1) is 5.69 Å². The third kappa shape index (κ3) is 5.50. The molecule has 0 aliphatic rings. The molecule has 2 aromatic carbocycles. The molecule has 3 nitrogen and oxygen atoms in total. The molecule has 0 unspecified atom stereocenters. The van der Waals surface area contributed by atoms with Crippen molar-refractivity contribution in [2.45, 2.75) is 17.6 Å². The maximum atomic E-state index is 12.2. The zero-order valence-electron chi connectivity index (χ0n) is 11.8. The molecule has 2 rings (SSSR count). The summed E-state index contributed by atoms with van der Waals surface area (Å²) in [7, 11) is 0. The predicted molar refractivity (Wildman–Crippen MR) is 92.5 cm³/mol. The Bertz CT molecular complexity index is 633. The maximum Gasteiger partial charge on any atom is 0.288 e. The molecule has 3 N–H and O–H groups in total. The number of thiocarbonyl (C=S) groups is 1. The minimum Gasteiger partial charge on any atom is -0.331 e. The molecule has 0 spiro atoms. The summed E-state index contributed by atoms with van der Waals surface area (Å²) in [6, 6.07) is 14.5. The van der Waals surface area contributed by atoms with E-state index in [1.54, 1.807) is 24.3 Å². The fraction of sp³-hybridized carbons (Fsp3) is 0.133. The number of nitrogens with one attached hydrogen (secondary N) is 3. The van der Waals surface area contributed by atoms with Gasteiger partial charge in [0.2, 0.25) is 0 Å². The number of hydrogen-bond donors (Lipinski definition) is 3. The summed E-state index contributed by atoms with van der Waals surface area (Å²) >= 11 is 5.67. The summed E-state index contributed by atoms with van der Waals surface area (Å²) in [4.78, 5) is 0.511. The van der Waals surface area contributed by atoms with Crippen LogP contribution in [0.5, 0.6) is 0 Å². The van der Waals surface area contributed by atoms with E-state index in [9.17, 15) is 8.78 Å². The molecule has 0 fully saturated rings. The highest BCUT2D eigenvalue weighted by atomic mass is 32.2.